The van der Waals surface area contributed by atoms with E-state index >= 15 is 0 Å². The van der Waals surface area contributed by atoms with Crippen molar-refractivity contribution in [2.75, 3.05) is 11.5 Å². The number of carbonyl (C=O) groups is 2. The van der Waals surface area contributed by atoms with E-state index < -0.39 is 71.4 Å². The third-order valence-corrected chi connectivity index (χ3v) is 8.76. The van der Waals surface area contributed by atoms with Crippen LogP contribution in [0.25, 0.3) is 11.6 Å². The number of anilines is 1. The summed E-state index contributed by atoms with van der Waals surface area (Å²) in [4.78, 5) is 27.5. The van der Waals surface area contributed by atoms with Crippen LogP contribution < -0.4 is 4.90 Å². The number of aliphatic hydroxyl groups is 2. The van der Waals surface area contributed by atoms with E-state index in [1.165, 1.54) is 6.07 Å². The number of benzene rings is 3. The SMILES string of the molecule is CC1=C([C@H](O)CC/C(=C/c2cccc(O)c2)c2ccccc2)[C@H](CO)[C@@H]2C(=O)N(c3cc(C(F)(F)F)cc(C(F)(F)F)c3)C(=O)[C@@H]2C1. The maximum atomic E-state index is 13.7. The van der Waals surface area contributed by atoms with E-state index in [1.807, 2.05) is 36.4 Å². The summed E-state index contributed by atoms with van der Waals surface area (Å²) < 4.78 is 81.4. The molecule has 3 aromatic carbocycles. The number of hydrogen-bond acceptors (Lipinski definition) is 5. The number of nitrogens with zero attached hydrogens (tertiary/aromatic N) is 1. The van der Waals surface area contributed by atoms with Gasteiger partial charge in [-0.1, -0.05) is 54.1 Å². The third-order valence-electron chi connectivity index (χ3n) is 8.76. The first kappa shape index (κ1) is 33.9. The highest BCUT2D eigenvalue weighted by Crippen LogP contribution is 2.48. The number of phenols is 1. The number of hydrogen-bond donors (Lipinski definition) is 3. The van der Waals surface area contributed by atoms with Crippen molar-refractivity contribution in [3.05, 3.63) is 106 Å². The van der Waals surface area contributed by atoms with Gasteiger partial charge in [-0.25, -0.2) is 4.90 Å². The Kier molecular flexibility index (Phi) is 9.38. The van der Waals surface area contributed by atoms with Crippen molar-refractivity contribution < 1.29 is 51.3 Å². The largest absolute Gasteiger partial charge is 0.508 e. The predicted molar refractivity (Wildman–Crippen MR) is 161 cm³/mol. The number of alkyl halides is 6. The number of halogens is 6. The van der Waals surface area contributed by atoms with Crippen molar-refractivity contribution in [2.45, 2.75) is 44.6 Å². The molecule has 0 bridgehead atoms. The zero-order valence-corrected chi connectivity index (χ0v) is 25.0. The van der Waals surface area contributed by atoms with E-state index in [4.69, 9.17) is 0 Å². The van der Waals surface area contributed by atoms with Gasteiger partial charge in [0.15, 0.2) is 0 Å². The Morgan fingerprint density at radius 1 is 0.915 bits per heavy atom. The summed E-state index contributed by atoms with van der Waals surface area (Å²) in [5.41, 5.74) is -1.03. The predicted octanol–water partition coefficient (Wildman–Crippen LogP) is 7.25. The highest BCUT2D eigenvalue weighted by atomic mass is 19.4. The monoisotopic (exact) mass is 659 g/mol. The van der Waals surface area contributed by atoms with Crippen LogP contribution >= 0.6 is 0 Å². The van der Waals surface area contributed by atoms with E-state index in [0.29, 0.717) is 40.2 Å². The first-order chi connectivity index (χ1) is 22.1. The van der Waals surface area contributed by atoms with Gasteiger partial charge in [0.25, 0.3) is 0 Å². The van der Waals surface area contributed by atoms with E-state index in [9.17, 15) is 51.3 Å². The average molecular weight is 660 g/mol. The molecule has 5 rings (SSSR count). The number of amides is 2. The molecule has 1 heterocycles. The van der Waals surface area contributed by atoms with Crippen LogP contribution in [-0.4, -0.2) is 39.8 Å². The van der Waals surface area contributed by atoms with E-state index in [-0.39, 0.29) is 24.7 Å². The molecule has 3 aromatic rings. The van der Waals surface area contributed by atoms with Gasteiger partial charge in [0.1, 0.15) is 5.75 Å². The average Bonchev–Trinajstić information content (AvgIpc) is 3.26. The number of aliphatic hydroxyl groups excluding tert-OH is 2. The van der Waals surface area contributed by atoms with E-state index in [2.05, 4.69) is 0 Å². The Hall–Kier alpha value is -4.42. The first-order valence-electron chi connectivity index (χ1n) is 14.8. The number of imide groups is 1. The number of fused-ring (bicyclic) bond motifs is 1. The summed E-state index contributed by atoms with van der Waals surface area (Å²) in [6, 6.07) is 16.4. The van der Waals surface area contributed by atoms with Gasteiger partial charge in [-0.05, 0) is 78.8 Å². The minimum absolute atomic E-state index is 0.0686. The second-order valence-electron chi connectivity index (χ2n) is 11.8. The molecule has 1 aliphatic carbocycles. The molecule has 0 spiro atoms. The van der Waals surface area contributed by atoms with Crippen LogP contribution in [0.5, 0.6) is 5.75 Å². The summed E-state index contributed by atoms with van der Waals surface area (Å²) >= 11 is 0. The van der Waals surface area contributed by atoms with Gasteiger partial charge in [0.2, 0.25) is 11.8 Å². The van der Waals surface area contributed by atoms with Gasteiger partial charge in [-0.2, -0.15) is 26.3 Å². The fraction of sp³-hybridized carbons (Fsp3) is 0.314. The van der Waals surface area contributed by atoms with Crippen molar-refractivity contribution in [3.8, 4) is 5.75 Å². The minimum atomic E-state index is -5.19. The lowest BCUT2D eigenvalue weighted by molar-refractivity contribution is -0.143. The van der Waals surface area contributed by atoms with Gasteiger partial charge in [-0.15, -0.1) is 0 Å². The summed E-state index contributed by atoms with van der Waals surface area (Å²) in [5.74, 6) is -5.50. The van der Waals surface area contributed by atoms with E-state index in [1.54, 1.807) is 25.1 Å². The topological polar surface area (TPSA) is 98.1 Å². The molecular weight excluding hydrogens is 628 g/mol. The van der Waals surface area contributed by atoms with Crippen LogP contribution in [0.3, 0.4) is 0 Å². The fourth-order valence-corrected chi connectivity index (χ4v) is 6.65. The van der Waals surface area contributed by atoms with Crippen molar-refractivity contribution in [2.24, 2.45) is 17.8 Å². The molecule has 1 saturated heterocycles. The van der Waals surface area contributed by atoms with Gasteiger partial charge in [-0.3, -0.25) is 9.59 Å². The highest BCUT2D eigenvalue weighted by molar-refractivity contribution is 6.22. The van der Waals surface area contributed by atoms with Crippen LogP contribution in [0.15, 0.2) is 83.9 Å². The molecule has 0 unspecified atom stereocenters. The Balaban J connectivity index is 1.44. The van der Waals surface area contributed by atoms with Crippen LogP contribution in [0.4, 0.5) is 32.0 Å². The lowest BCUT2D eigenvalue weighted by Gasteiger charge is -2.35. The van der Waals surface area contributed by atoms with Crippen molar-refractivity contribution in [3.63, 3.8) is 0 Å². The number of aromatic hydroxyl groups is 1. The number of allylic oxidation sites excluding steroid dienone is 2. The summed E-state index contributed by atoms with van der Waals surface area (Å²) in [6.45, 7) is 0.920. The van der Waals surface area contributed by atoms with Crippen LogP contribution in [-0.2, 0) is 21.9 Å². The minimum Gasteiger partial charge on any atom is -0.508 e. The summed E-state index contributed by atoms with van der Waals surface area (Å²) in [7, 11) is 0. The smallest absolute Gasteiger partial charge is 0.416 e. The maximum absolute atomic E-state index is 13.7. The number of carbonyl (C=O) groups excluding carboxylic acids is 2. The molecule has 12 heteroatoms. The van der Waals surface area contributed by atoms with E-state index in [0.717, 1.165) is 11.1 Å². The molecule has 1 fully saturated rings. The molecule has 2 aliphatic rings. The standard InChI is InChI=1S/C35H31F6NO5/c1-19-12-27-31(33(47)42(32(27)46)25-16-23(34(36,37)38)15-24(17-25)35(39,40)41)28(18-43)30(19)29(45)11-10-22(21-7-3-2-4-8-21)13-20-6-5-9-26(44)14-20/h2-9,13-17,27-29,31,43-45H,10-12,18H2,1H3/b22-13-/t27-,28+,29-,31-/m1/s1. The highest BCUT2D eigenvalue weighted by Gasteiger charge is 2.55. The molecule has 6 nitrogen and oxygen atoms in total. The summed E-state index contributed by atoms with van der Waals surface area (Å²) in [5, 5.41) is 31.8. The van der Waals surface area contributed by atoms with Crippen LogP contribution in [0, 0.1) is 17.8 Å². The Morgan fingerprint density at radius 3 is 2.13 bits per heavy atom. The Morgan fingerprint density at radius 2 is 1.55 bits per heavy atom. The third kappa shape index (κ3) is 6.98. The van der Waals surface area contributed by atoms with Gasteiger partial charge in [0, 0.05) is 5.92 Å². The van der Waals surface area contributed by atoms with Crippen LogP contribution in [0.1, 0.15) is 48.4 Å². The zero-order valence-electron chi connectivity index (χ0n) is 25.0. The quantitative estimate of drug-likeness (QED) is 0.103. The molecule has 0 aromatic heterocycles. The molecule has 248 valence electrons. The Bertz CT molecular complexity index is 1700. The molecule has 0 saturated carbocycles. The molecule has 3 N–H and O–H groups in total. The van der Waals surface area contributed by atoms with Crippen LogP contribution in [0.2, 0.25) is 0 Å². The van der Waals surface area contributed by atoms with Gasteiger partial charge >= 0.3 is 12.4 Å². The Labute approximate surface area is 266 Å². The van der Waals surface area contributed by atoms with Crippen molar-refractivity contribution >= 4 is 29.2 Å². The maximum Gasteiger partial charge on any atom is 0.416 e. The normalized spacial score (nSPS) is 21.3. The fourth-order valence-electron chi connectivity index (χ4n) is 6.65. The first-order valence-corrected chi connectivity index (χ1v) is 14.8. The second kappa shape index (κ2) is 13.0. The molecular formula is C35H31F6NO5. The van der Waals surface area contributed by atoms with Gasteiger partial charge < -0.3 is 15.3 Å². The zero-order chi connectivity index (χ0) is 34.3. The second-order valence-corrected chi connectivity index (χ2v) is 11.8. The van der Waals surface area contributed by atoms with Gasteiger partial charge in [0.05, 0.1) is 41.4 Å². The summed E-state index contributed by atoms with van der Waals surface area (Å²) in [6.07, 6.45) is -9.37. The molecule has 4 atom stereocenters. The number of phenolic OH excluding ortho intramolecular Hbond substituents is 1. The van der Waals surface area contributed by atoms with Crippen molar-refractivity contribution in [1.82, 2.24) is 0 Å². The lowest BCUT2D eigenvalue weighted by atomic mass is 9.68. The molecule has 2 amide bonds. The van der Waals surface area contributed by atoms with Crippen molar-refractivity contribution in [1.29, 1.82) is 0 Å². The lowest BCUT2D eigenvalue weighted by Crippen LogP contribution is -2.38. The number of rotatable bonds is 8. The molecule has 0 radical (unpaired) electrons. The molecule has 47 heavy (non-hydrogen) atoms. The molecule has 1 aliphatic heterocycles.